The molecule has 0 bridgehead atoms. The molecule has 2 aromatic rings. The summed E-state index contributed by atoms with van der Waals surface area (Å²) in [6.45, 7) is 1.96. The van der Waals surface area contributed by atoms with Crippen LogP contribution in [0.3, 0.4) is 0 Å². The molecule has 0 atom stereocenters. The minimum absolute atomic E-state index is 0.211. The van der Waals surface area contributed by atoms with E-state index in [4.69, 9.17) is 5.11 Å². The fraction of sp³-hybridized carbons (Fsp3) is 0.273. The number of fused-ring (bicyclic) bond motifs is 1. The Labute approximate surface area is 92.9 Å². The van der Waals surface area contributed by atoms with E-state index in [9.17, 15) is 4.79 Å². The average Bonchev–Trinajstić information content (AvgIpc) is 2.51. The summed E-state index contributed by atoms with van der Waals surface area (Å²) in [4.78, 5) is 15.0. The number of aryl methyl sites for hydroxylation is 1. The van der Waals surface area contributed by atoms with Crippen LogP contribution in [0.1, 0.15) is 16.1 Å². The number of aromatic carboxylic acids is 1. The molecule has 0 aliphatic heterocycles. The molecule has 0 aliphatic carbocycles. The lowest BCUT2D eigenvalue weighted by Gasteiger charge is -2.17. The van der Waals surface area contributed by atoms with Gasteiger partial charge in [-0.15, -0.1) is 0 Å². The number of nitrogens with zero attached hydrogens (tertiary/aromatic N) is 3. The van der Waals surface area contributed by atoms with Crippen molar-refractivity contribution in [3.8, 4) is 0 Å². The fourth-order valence-corrected chi connectivity index (χ4v) is 1.83. The number of carboxylic acids is 1. The maximum atomic E-state index is 10.8. The SMILES string of the molecule is Cc1cc2cc(C(=O)O)cnc2n1N(C)C. The highest BCUT2D eigenvalue weighted by molar-refractivity contribution is 5.92. The van der Waals surface area contributed by atoms with Gasteiger partial charge >= 0.3 is 5.97 Å². The van der Waals surface area contributed by atoms with Crippen LogP contribution in [0.5, 0.6) is 0 Å². The highest BCUT2D eigenvalue weighted by Gasteiger charge is 2.11. The number of rotatable bonds is 2. The van der Waals surface area contributed by atoms with E-state index < -0.39 is 5.97 Å². The first-order valence-corrected chi connectivity index (χ1v) is 4.89. The molecule has 0 aromatic carbocycles. The van der Waals surface area contributed by atoms with Gasteiger partial charge in [0, 0.05) is 31.4 Å². The molecule has 0 spiro atoms. The molecule has 1 N–H and O–H groups in total. The van der Waals surface area contributed by atoms with Crippen molar-refractivity contribution >= 4 is 17.0 Å². The van der Waals surface area contributed by atoms with E-state index in [1.54, 1.807) is 6.07 Å². The Kier molecular flexibility index (Phi) is 2.30. The quantitative estimate of drug-likeness (QED) is 0.825. The van der Waals surface area contributed by atoms with E-state index >= 15 is 0 Å². The molecule has 0 saturated carbocycles. The summed E-state index contributed by atoms with van der Waals surface area (Å²) < 4.78 is 1.93. The van der Waals surface area contributed by atoms with Crippen LogP contribution in [0.4, 0.5) is 0 Å². The Morgan fingerprint density at radius 1 is 1.44 bits per heavy atom. The number of carbonyl (C=O) groups is 1. The summed E-state index contributed by atoms with van der Waals surface area (Å²) in [5.74, 6) is -0.954. The lowest BCUT2D eigenvalue weighted by atomic mass is 10.2. The van der Waals surface area contributed by atoms with Crippen LogP contribution in [0.2, 0.25) is 0 Å². The second-order valence-electron chi connectivity index (χ2n) is 3.89. The van der Waals surface area contributed by atoms with Crippen molar-refractivity contribution in [3.05, 3.63) is 29.6 Å². The van der Waals surface area contributed by atoms with Crippen LogP contribution in [0.25, 0.3) is 11.0 Å². The van der Waals surface area contributed by atoms with Crippen molar-refractivity contribution in [3.63, 3.8) is 0 Å². The molecule has 16 heavy (non-hydrogen) atoms. The van der Waals surface area contributed by atoms with Gasteiger partial charge in [-0.05, 0) is 19.1 Å². The van der Waals surface area contributed by atoms with Crippen LogP contribution in [-0.4, -0.2) is 34.8 Å². The standard InChI is InChI=1S/C11H13N3O2/c1-7-4-8-5-9(11(15)16)6-12-10(8)14(7)13(2)3/h4-6H,1-3H3,(H,15,16). The number of hydrogen-bond acceptors (Lipinski definition) is 3. The highest BCUT2D eigenvalue weighted by atomic mass is 16.4. The first-order valence-electron chi connectivity index (χ1n) is 4.89. The molecule has 5 heteroatoms. The van der Waals surface area contributed by atoms with E-state index in [0.717, 1.165) is 16.7 Å². The van der Waals surface area contributed by atoms with Gasteiger partial charge in [0.2, 0.25) is 0 Å². The van der Waals surface area contributed by atoms with E-state index in [0.29, 0.717) is 0 Å². The van der Waals surface area contributed by atoms with Gasteiger partial charge in [0.05, 0.1) is 5.56 Å². The molecule has 0 saturated heterocycles. The number of pyridine rings is 1. The predicted molar refractivity (Wildman–Crippen MR) is 61.5 cm³/mol. The van der Waals surface area contributed by atoms with Crippen molar-refractivity contribution in [1.82, 2.24) is 9.66 Å². The van der Waals surface area contributed by atoms with Gasteiger partial charge in [-0.2, -0.15) is 0 Å². The Bertz CT molecular complexity index is 558. The normalized spacial score (nSPS) is 10.7. The molecular formula is C11H13N3O2. The molecular weight excluding hydrogens is 206 g/mol. The smallest absolute Gasteiger partial charge is 0.337 e. The largest absolute Gasteiger partial charge is 0.478 e. The third kappa shape index (κ3) is 1.50. The maximum absolute atomic E-state index is 10.8. The second-order valence-corrected chi connectivity index (χ2v) is 3.89. The number of hydrogen-bond donors (Lipinski definition) is 1. The molecule has 2 aromatic heterocycles. The van der Waals surface area contributed by atoms with Gasteiger partial charge in [0.1, 0.15) is 0 Å². The van der Waals surface area contributed by atoms with Gasteiger partial charge in [0.15, 0.2) is 5.65 Å². The Hall–Kier alpha value is -2.04. The van der Waals surface area contributed by atoms with Gasteiger partial charge in [-0.3, -0.25) is 0 Å². The lowest BCUT2D eigenvalue weighted by Crippen LogP contribution is -2.25. The Balaban J connectivity index is 2.70. The van der Waals surface area contributed by atoms with Gasteiger partial charge in [0.25, 0.3) is 0 Å². The zero-order valence-electron chi connectivity index (χ0n) is 9.43. The Morgan fingerprint density at radius 3 is 2.69 bits per heavy atom. The van der Waals surface area contributed by atoms with Gasteiger partial charge < -0.3 is 10.1 Å². The summed E-state index contributed by atoms with van der Waals surface area (Å²) >= 11 is 0. The minimum atomic E-state index is -0.954. The molecule has 0 unspecified atom stereocenters. The molecule has 0 amide bonds. The monoisotopic (exact) mass is 219 g/mol. The molecule has 0 radical (unpaired) electrons. The fourth-order valence-electron chi connectivity index (χ4n) is 1.83. The summed E-state index contributed by atoms with van der Waals surface area (Å²) in [7, 11) is 3.83. The predicted octanol–water partition coefficient (Wildman–Crippen LogP) is 1.24. The topological polar surface area (TPSA) is 58.4 Å². The minimum Gasteiger partial charge on any atom is -0.478 e. The van der Waals surface area contributed by atoms with Gasteiger partial charge in [-0.25, -0.2) is 14.5 Å². The second kappa shape index (κ2) is 3.52. The van der Waals surface area contributed by atoms with E-state index in [1.807, 2.05) is 36.8 Å². The van der Waals surface area contributed by atoms with Crippen LogP contribution >= 0.6 is 0 Å². The first-order chi connectivity index (χ1) is 7.50. The summed E-state index contributed by atoms with van der Waals surface area (Å²) in [6, 6.07) is 3.56. The van der Waals surface area contributed by atoms with Crippen LogP contribution in [0, 0.1) is 6.92 Å². The zero-order valence-corrected chi connectivity index (χ0v) is 9.43. The van der Waals surface area contributed by atoms with Gasteiger partial charge in [-0.1, -0.05) is 0 Å². The Morgan fingerprint density at radius 2 is 2.12 bits per heavy atom. The molecule has 5 nitrogen and oxygen atoms in total. The summed E-state index contributed by atoms with van der Waals surface area (Å²) in [5.41, 5.74) is 2.01. The average molecular weight is 219 g/mol. The van der Waals surface area contributed by atoms with E-state index in [2.05, 4.69) is 4.98 Å². The molecule has 0 aliphatic rings. The van der Waals surface area contributed by atoms with E-state index in [1.165, 1.54) is 6.20 Å². The maximum Gasteiger partial charge on any atom is 0.337 e. The molecule has 84 valence electrons. The number of aromatic nitrogens is 2. The molecule has 2 heterocycles. The number of carboxylic acid groups (broad SMARTS) is 1. The third-order valence-corrected chi connectivity index (χ3v) is 2.44. The summed E-state index contributed by atoms with van der Waals surface area (Å²) in [6.07, 6.45) is 1.38. The first kappa shape index (κ1) is 10.5. The lowest BCUT2D eigenvalue weighted by molar-refractivity contribution is 0.0696. The van der Waals surface area contributed by atoms with Crippen molar-refractivity contribution in [2.45, 2.75) is 6.92 Å². The van der Waals surface area contributed by atoms with Crippen LogP contribution in [-0.2, 0) is 0 Å². The van der Waals surface area contributed by atoms with Crippen molar-refractivity contribution in [2.75, 3.05) is 19.1 Å². The van der Waals surface area contributed by atoms with Crippen molar-refractivity contribution in [1.29, 1.82) is 0 Å². The molecule has 2 rings (SSSR count). The van der Waals surface area contributed by atoms with Crippen LogP contribution < -0.4 is 5.01 Å². The van der Waals surface area contributed by atoms with Crippen LogP contribution in [0.15, 0.2) is 18.3 Å². The van der Waals surface area contributed by atoms with Crippen molar-refractivity contribution in [2.24, 2.45) is 0 Å². The third-order valence-electron chi connectivity index (χ3n) is 2.44. The summed E-state index contributed by atoms with van der Waals surface area (Å²) in [5, 5.41) is 11.6. The zero-order chi connectivity index (χ0) is 11.9. The van der Waals surface area contributed by atoms with Crippen molar-refractivity contribution < 1.29 is 9.90 Å². The molecule has 0 fully saturated rings. The van der Waals surface area contributed by atoms with E-state index in [-0.39, 0.29) is 5.56 Å². The highest BCUT2D eigenvalue weighted by Crippen LogP contribution is 2.18.